The topological polar surface area (TPSA) is 50.2 Å². The van der Waals surface area contributed by atoms with Gasteiger partial charge in [-0.1, -0.05) is 11.6 Å². The monoisotopic (exact) mass is 303 g/mol. The minimum atomic E-state index is -1.19. The number of halogens is 3. The van der Waals surface area contributed by atoms with Crippen LogP contribution in [-0.4, -0.2) is 16.1 Å². The van der Waals surface area contributed by atoms with Gasteiger partial charge in [-0.25, -0.2) is 14.2 Å². The standard InChI is InChI=1S/C10H4BrClFNO2/c11-7-3-5(13)1-4-2-6(10(15)16)9(12)14-8(4)7/h1-3H,(H,15,16). The average molecular weight is 305 g/mol. The number of benzene rings is 1. The quantitative estimate of drug-likeness (QED) is 0.821. The van der Waals surface area contributed by atoms with Gasteiger partial charge in [-0.2, -0.15) is 0 Å². The van der Waals surface area contributed by atoms with Gasteiger partial charge in [-0.15, -0.1) is 0 Å². The summed E-state index contributed by atoms with van der Waals surface area (Å²) in [5, 5.41) is 9.10. The first-order valence-corrected chi connectivity index (χ1v) is 5.34. The van der Waals surface area contributed by atoms with Crippen molar-refractivity contribution in [3.63, 3.8) is 0 Å². The Bertz CT molecular complexity index is 603. The van der Waals surface area contributed by atoms with Crippen molar-refractivity contribution in [1.82, 2.24) is 4.98 Å². The van der Waals surface area contributed by atoms with Crippen molar-refractivity contribution >= 4 is 44.4 Å². The van der Waals surface area contributed by atoms with Crippen molar-refractivity contribution in [3.8, 4) is 0 Å². The molecule has 3 nitrogen and oxygen atoms in total. The van der Waals surface area contributed by atoms with Gasteiger partial charge in [0.15, 0.2) is 0 Å². The number of rotatable bonds is 1. The largest absolute Gasteiger partial charge is 0.478 e. The number of hydrogen-bond donors (Lipinski definition) is 1. The van der Waals surface area contributed by atoms with Gasteiger partial charge in [0.25, 0.3) is 0 Å². The summed E-state index contributed by atoms with van der Waals surface area (Å²) in [6.07, 6.45) is 0. The lowest BCUT2D eigenvalue weighted by molar-refractivity contribution is 0.0697. The second kappa shape index (κ2) is 3.99. The van der Waals surface area contributed by atoms with E-state index in [1.54, 1.807) is 0 Å². The Kier molecular flexibility index (Phi) is 2.82. The Morgan fingerprint density at radius 2 is 2.12 bits per heavy atom. The highest BCUT2D eigenvalue weighted by Gasteiger charge is 2.13. The molecule has 0 aliphatic carbocycles. The van der Waals surface area contributed by atoms with Crippen molar-refractivity contribution in [3.05, 3.63) is 39.2 Å². The third-order valence-electron chi connectivity index (χ3n) is 2.02. The molecule has 2 rings (SSSR count). The minimum Gasteiger partial charge on any atom is -0.478 e. The van der Waals surface area contributed by atoms with Crippen LogP contribution in [-0.2, 0) is 0 Å². The molecule has 0 atom stereocenters. The van der Waals surface area contributed by atoms with E-state index in [1.165, 1.54) is 18.2 Å². The Hall–Kier alpha value is -1.20. The van der Waals surface area contributed by atoms with E-state index in [2.05, 4.69) is 20.9 Å². The van der Waals surface area contributed by atoms with Crippen LogP contribution in [0.15, 0.2) is 22.7 Å². The van der Waals surface area contributed by atoms with Crippen LogP contribution in [0.3, 0.4) is 0 Å². The first-order chi connectivity index (χ1) is 7.49. The summed E-state index contributed by atoms with van der Waals surface area (Å²) in [7, 11) is 0. The molecular weight excluding hydrogens is 300 g/mol. The van der Waals surface area contributed by atoms with Crippen molar-refractivity contribution in [2.24, 2.45) is 0 Å². The molecule has 1 N–H and O–H groups in total. The zero-order valence-corrected chi connectivity index (χ0v) is 10.0. The molecule has 2 aromatic rings. The number of pyridine rings is 1. The smallest absolute Gasteiger partial charge is 0.338 e. The summed E-state index contributed by atoms with van der Waals surface area (Å²) in [5.74, 6) is -1.67. The molecule has 1 heterocycles. The maximum Gasteiger partial charge on any atom is 0.338 e. The predicted octanol–water partition coefficient (Wildman–Crippen LogP) is 3.49. The molecule has 16 heavy (non-hydrogen) atoms. The van der Waals surface area contributed by atoms with Gasteiger partial charge in [0, 0.05) is 9.86 Å². The molecule has 0 unspecified atom stereocenters. The zero-order valence-electron chi connectivity index (χ0n) is 7.67. The molecule has 0 bridgehead atoms. The Balaban J connectivity index is 2.84. The molecule has 0 aliphatic heterocycles. The molecule has 0 saturated carbocycles. The van der Waals surface area contributed by atoms with Crippen LogP contribution in [0.5, 0.6) is 0 Å². The summed E-state index contributed by atoms with van der Waals surface area (Å²) in [6.45, 7) is 0. The molecule has 0 radical (unpaired) electrons. The molecule has 1 aromatic heterocycles. The normalized spacial score (nSPS) is 10.7. The molecule has 82 valence electrons. The first-order valence-electron chi connectivity index (χ1n) is 4.17. The molecular formula is C10H4BrClFNO2. The number of carboxylic acids is 1. The Morgan fingerprint density at radius 3 is 2.75 bits per heavy atom. The molecule has 0 saturated heterocycles. The van der Waals surface area contributed by atoms with E-state index in [0.717, 1.165) is 0 Å². The number of carbonyl (C=O) groups is 1. The maximum absolute atomic E-state index is 13.1. The summed E-state index contributed by atoms with van der Waals surface area (Å²) in [4.78, 5) is 14.7. The number of fused-ring (bicyclic) bond motifs is 1. The minimum absolute atomic E-state index is 0.118. The van der Waals surface area contributed by atoms with E-state index in [9.17, 15) is 9.18 Å². The van der Waals surface area contributed by atoms with E-state index in [-0.39, 0.29) is 10.7 Å². The molecule has 0 amide bonds. The number of hydrogen-bond acceptors (Lipinski definition) is 2. The van der Waals surface area contributed by atoms with Crippen LogP contribution in [0.4, 0.5) is 4.39 Å². The summed E-state index contributed by atoms with van der Waals surface area (Å²) < 4.78 is 13.5. The van der Waals surface area contributed by atoms with Gasteiger partial charge in [0.05, 0.1) is 11.1 Å². The predicted molar refractivity (Wildman–Crippen MR) is 61.4 cm³/mol. The van der Waals surface area contributed by atoms with Crippen LogP contribution in [0, 0.1) is 5.82 Å². The molecule has 0 spiro atoms. The number of carboxylic acid groups (broad SMARTS) is 1. The van der Waals surface area contributed by atoms with Crippen LogP contribution in [0.1, 0.15) is 10.4 Å². The van der Waals surface area contributed by atoms with Crippen molar-refractivity contribution in [2.75, 3.05) is 0 Å². The SMILES string of the molecule is O=C(O)c1cc2cc(F)cc(Br)c2nc1Cl. The van der Waals surface area contributed by atoms with Crippen LogP contribution in [0.25, 0.3) is 10.9 Å². The summed E-state index contributed by atoms with van der Waals surface area (Å²) in [6, 6.07) is 3.74. The van der Waals surface area contributed by atoms with Gasteiger partial charge in [0.2, 0.25) is 0 Å². The zero-order chi connectivity index (χ0) is 11.9. The third kappa shape index (κ3) is 1.88. The fraction of sp³-hybridized carbons (Fsp3) is 0. The van der Waals surface area contributed by atoms with Gasteiger partial charge in [-0.05, 0) is 34.1 Å². The first kappa shape index (κ1) is 11.3. The van der Waals surface area contributed by atoms with Crippen molar-refractivity contribution in [2.45, 2.75) is 0 Å². The van der Waals surface area contributed by atoms with Crippen molar-refractivity contribution < 1.29 is 14.3 Å². The molecule has 0 fully saturated rings. The Labute approximate surface area is 103 Å². The van der Waals surface area contributed by atoms with Gasteiger partial charge < -0.3 is 5.11 Å². The second-order valence-electron chi connectivity index (χ2n) is 3.09. The summed E-state index contributed by atoms with van der Waals surface area (Å²) >= 11 is 8.84. The number of nitrogens with zero attached hydrogens (tertiary/aromatic N) is 1. The number of aromatic carboxylic acids is 1. The van der Waals surface area contributed by atoms with E-state index in [4.69, 9.17) is 16.7 Å². The van der Waals surface area contributed by atoms with Crippen LogP contribution in [0.2, 0.25) is 5.15 Å². The molecule has 1 aromatic carbocycles. The van der Waals surface area contributed by atoms with Crippen LogP contribution < -0.4 is 0 Å². The highest BCUT2D eigenvalue weighted by Crippen LogP contribution is 2.27. The lowest BCUT2D eigenvalue weighted by Crippen LogP contribution is -1.99. The van der Waals surface area contributed by atoms with Gasteiger partial charge in [-0.3, -0.25) is 0 Å². The average Bonchev–Trinajstić information content (AvgIpc) is 2.18. The third-order valence-corrected chi connectivity index (χ3v) is 2.91. The van der Waals surface area contributed by atoms with E-state index in [1.807, 2.05) is 0 Å². The molecule has 0 aliphatic rings. The highest BCUT2D eigenvalue weighted by atomic mass is 79.9. The van der Waals surface area contributed by atoms with Crippen LogP contribution >= 0.6 is 27.5 Å². The lowest BCUT2D eigenvalue weighted by atomic mass is 10.1. The van der Waals surface area contributed by atoms with E-state index in [0.29, 0.717) is 15.4 Å². The summed E-state index contributed by atoms with van der Waals surface area (Å²) in [5.41, 5.74) is 0.281. The highest BCUT2D eigenvalue weighted by molar-refractivity contribution is 9.10. The van der Waals surface area contributed by atoms with Gasteiger partial charge in [0.1, 0.15) is 11.0 Å². The fourth-order valence-corrected chi connectivity index (χ4v) is 2.09. The molecule has 6 heteroatoms. The van der Waals surface area contributed by atoms with E-state index >= 15 is 0 Å². The van der Waals surface area contributed by atoms with Gasteiger partial charge >= 0.3 is 5.97 Å². The second-order valence-corrected chi connectivity index (χ2v) is 4.30. The number of aromatic nitrogens is 1. The fourth-order valence-electron chi connectivity index (χ4n) is 1.34. The maximum atomic E-state index is 13.1. The van der Waals surface area contributed by atoms with Crippen molar-refractivity contribution in [1.29, 1.82) is 0 Å². The Morgan fingerprint density at radius 1 is 1.44 bits per heavy atom. The van der Waals surface area contributed by atoms with E-state index < -0.39 is 11.8 Å². The lowest BCUT2D eigenvalue weighted by Gasteiger charge is -2.04.